The van der Waals surface area contributed by atoms with E-state index in [1.807, 2.05) is 23.1 Å². The summed E-state index contributed by atoms with van der Waals surface area (Å²) in [5.74, 6) is 0.373. The molecule has 0 bridgehead atoms. The lowest BCUT2D eigenvalue weighted by molar-refractivity contribution is -0.134. The first-order valence-electron chi connectivity index (χ1n) is 12.0. The van der Waals surface area contributed by atoms with Crippen molar-refractivity contribution in [3.8, 4) is 5.75 Å². The van der Waals surface area contributed by atoms with E-state index in [0.717, 1.165) is 49.5 Å². The van der Waals surface area contributed by atoms with Gasteiger partial charge in [-0.25, -0.2) is 4.98 Å². The highest BCUT2D eigenvalue weighted by Crippen LogP contribution is 2.33. The Morgan fingerprint density at radius 2 is 1.79 bits per heavy atom. The molecule has 3 heterocycles. The zero-order valence-corrected chi connectivity index (χ0v) is 20.0. The summed E-state index contributed by atoms with van der Waals surface area (Å²) in [4.78, 5) is 34.7. The van der Waals surface area contributed by atoms with Crippen molar-refractivity contribution < 1.29 is 14.7 Å². The zero-order chi connectivity index (χ0) is 23.5. The van der Waals surface area contributed by atoms with E-state index in [4.69, 9.17) is 4.98 Å². The molecule has 3 aromatic rings. The Kier molecular flexibility index (Phi) is 6.78. The van der Waals surface area contributed by atoms with Crippen LogP contribution in [0, 0.1) is 5.92 Å². The van der Waals surface area contributed by atoms with Gasteiger partial charge in [0, 0.05) is 24.9 Å². The number of phenols is 1. The molecular weight excluding hydrogens is 448 g/mol. The number of rotatable bonds is 5. The van der Waals surface area contributed by atoms with Gasteiger partial charge < -0.3 is 15.3 Å². The molecule has 8 heteroatoms. The third kappa shape index (κ3) is 5.08. The minimum atomic E-state index is -0.107. The fourth-order valence-electron chi connectivity index (χ4n) is 4.93. The van der Waals surface area contributed by atoms with Gasteiger partial charge in [-0.2, -0.15) is 0 Å². The molecule has 0 unspecified atom stereocenters. The number of hydrogen-bond acceptors (Lipinski definition) is 6. The van der Waals surface area contributed by atoms with Gasteiger partial charge in [0.15, 0.2) is 0 Å². The van der Waals surface area contributed by atoms with Crippen molar-refractivity contribution in [2.45, 2.75) is 31.6 Å². The van der Waals surface area contributed by atoms with Crippen LogP contribution in [0.3, 0.4) is 0 Å². The van der Waals surface area contributed by atoms with Gasteiger partial charge in [-0.05, 0) is 63.0 Å². The second-order valence-electron chi connectivity index (χ2n) is 9.26. The fourth-order valence-corrected chi connectivity index (χ4v) is 6.02. The summed E-state index contributed by atoms with van der Waals surface area (Å²) in [5.41, 5.74) is 1.48. The number of aromatic hydroxyl groups is 1. The molecule has 5 rings (SSSR count). The number of aromatic nitrogens is 1. The highest BCUT2D eigenvalue weighted by atomic mass is 32.1. The van der Waals surface area contributed by atoms with Crippen LogP contribution in [-0.2, 0) is 9.59 Å². The van der Waals surface area contributed by atoms with Crippen LogP contribution in [0.2, 0.25) is 0 Å². The molecule has 34 heavy (non-hydrogen) atoms. The van der Waals surface area contributed by atoms with E-state index in [1.165, 1.54) is 4.70 Å². The predicted molar refractivity (Wildman–Crippen MR) is 134 cm³/mol. The summed E-state index contributed by atoms with van der Waals surface area (Å²) >= 11 is 1.74. The first-order valence-corrected chi connectivity index (χ1v) is 12.8. The lowest BCUT2D eigenvalue weighted by Gasteiger charge is -2.35. The summed E-state index contributed by atoms with van der Waals surface area (Å²) in [5, 5.41) is 13.8. The average Bonchev–Trinajstić information content (AvgIpc) is 3.30. The molecule has 2 N–H and O–H groups in total. The van der Waals surface area contributed by atoms with Gasteiger partial charge in [0.25, 0.3) is 0 Å². The molecule has 0 aliphatic carbocycles. The van der Waals surface area contributed by atoms with Gasteiger partial charge >= 0.3 is 0 Å². The van der Waals surface area contributed by atoms with E-state index in [2.05, 4.69) is 16.3 Å². The van der Waals surface area contributed by atoms with Crippen LogP contribution >= 0.6 is 11.3 Å². The Balaban J connectivity index is 1.12. The molecule has 1 atom stereocenters. The van der Waals surface area contributed by atoms with Crippen molar-refractivity contribution in [1.82, 2.24) is 14.8 Å². The number of phenolic OH excluding ortho intramolecular Hbond substituents is 1. The Morgan fingerprint density at radius 1 is 1.03 bits per heavy atom. The van der Waals surface area contributed by atoms with E-state index < -0.39 is 0 Å². The number of anilines is 1. The molecule has 2 fully saturated rings. The Labute approximate surface area is 203 Å². The third-order valence-corrected chi connectivity index (χ3v) is 8.11. The second kappa shape index (κ2) is 10.1. The number of piperidine rings is 2. The maximum atomic E-state index is 13.1. The second-order valence-corrected chi connectivity index (χ2v) is 10.3. The van der Waals surface area contributed by atoms with Crippen molar-refractivity contribution in [3.05, 3.63) is 53.5 Å². The normalized spacial score (nSPS) is 19.9. The molecule has 0 spiro atoms. The Morgan fingerprint density at radius 3 is 2.59 bits per heavy atom. The largest absolute Gasteiger partial charge is 0.506 e. The van der Waals surface area contributed by atoms with E-state index >= 15 is 0 Å². The summed E-state index contributed by atoms with van der Waals surface area (Å²) in [6.07, 6.45) is 3.49. The lowest BCUT2D eigenvalue weighted by Crippen LogP contribution is -2.47. The number of thiazole rings is 1. The van der Waals surface area contributed by atoms with Crippen molar-refractivity contribution in [2.24, 2.45) is 5.92 Å². The predicted octanol–water partition coefficient (Wildman–Crippen LogP) is 4.06. The number of fused-ring (bicyclic) bond motifs is 1. The Hall–Kier alpha value is -2.97. The lowest BCUT2D eigenvalue weighted by atomic mass is 9.95. The van der Waals surface area contributed by atoms with Crippen LogP contribution in [0.5, 0.6) is 5.75 Å². The molecule has 2 aliphatic heterocycles. The number of nitrogens with one attached hydrogen (secondary N) is 1. The van der Waals surface area contributed by atoms with Gasteiger partial charge in [-0.3, -0.25) is 14.5 Å². The quantitative estimate of drug-likeness (QED) is 0.540. The van der Waals surface area contributed by atoms with Crippen LogP contribution in [0.15, 0.2) is 48.5 Å². The van der Waals surface area contributed by atoms with Gasteiger partial charge in [-0.15, -0.1) is 11.3 Å². The number of amides is 2. The first kappa shape index (κ1) is 22.8. The molecule has 2 saturated heterocycles. The van der Waals surface area contributed by atoms with Crippen molar-refractivity contribution >= 4 is 39.1 Å². The van der Waals surface area contributed by atoms with Crippen molar-refractivity contribution in [3.63, 3.8) is 0 Å². The first-order chi connectivity index (χ1) is 16.6. The summed E-state index contributed by atoms with van der Waals surface area (Å²) in [6, 6.07) is 15.0. The number of benzene rings is 2. The van der Waals surface area contributed by atoms with Crippen LogP contribution in [-0.4, -0.2) is 64.4 Å². The number of hydrogen-bond donors (Lipinski definition) is 2. The van der Waals surface area contributed by atoms with E-state index in [0.29, 0.717) is 31.0 Å². The molecule has 0 saturated carbocycles. The highest BCUT2D eigenvalue weighted by molar-refractivity contribution is 7.18. The SMILES string of the molecule is O=C(Nc1ccccc1O)C1CCN(CC(=O)N2CCC[C@@H](c3nc4ccccc4s3)C2)CC1. The standard InChI is InChI=1S/C26H30N4O3S/c31-22-9-3-1-7-20(22)27-25(33)18-11-14-29(15-12-18)17-24(32)30-13-5-6-19(16-30)26-28-21-8-2-4-10-23(21)34-26/h1-4,7-10,18-19,31H,5-6,11-17H2,(H,27,33)/t19-/m1/s1. The molecule has 0 radical (unpaired) electrons. The molecular formula is C26H30N4O3S. The molecule has 1 aromatic heterocycles. The van der Waals surface area contributed by atoms with E-state index in [-0.39, 0.29) is 23.5 Å². The molecule has 2 aliphatic rings. The van der Waals surface area contributed by atoms with Gasteiger partial charge in [0.2, 0.25) is 11.8 Å². The molecule has 178 valence electrons. The minimum absolute atomic E-state index is 0.0674. The van der Waals surface area contributed by atoms with Crippen molar-refractivity contribution in [1.29, 1.82) is 0 Å². The number of carbonyl (C=O) groups excluding carboxylic acids is 2. The highest BCUT2D eigenvalue weighted by Gasteiger charge is 2.30. The molecule has 2 amide bonds. The van der Waals surface area contributed by atoms with Crippen LogP contribution in [0.4, 0.5) is 5.69 Å². The van der Waals surface area contributed by atoms with Crippen molar-refractivity contribution in [2.75, 3.05) is 38.0 Å². The number of para-hydroxylation sites is 3. The summed E-state index contributed by atoms with van der Waals surface area (Å²) in [6.45, 7) is 3.39. The topological polar surface area (TPSA) is 85.8 Å². The minimum Gasteiger partial charge on any atom is -0.506 e. The third-order valence-electron chi connectivity index (χ3n) is 6.91. The average molecular weight is 479 g/mol. The van der Waals surface area contributed by atoms with Crippen LogP contribution in [0.25, 0.3) is 10.2 Å². The van der Waals surface area contributed by atoms with Crippen LogP contribution < -0.4 is 5.32 Å². The number of likely N-dealkylation sites (tertiary alicyclic amines) is 2. The monoisotopic (exact) mass is 478 g/mol. The zero-order valence-electron chi connectivity index (χ0n) is 19.2. The maximum absolute atomic E-state index is 13.1. The van der Waals surface area contributed by atoms with Gasteiger partial charge in [0.05, 0.1) is 27.5 Å². The smallest absolute Gasteiger partial charge is 0.236 e. The van der Waals surface area contributed by atoms with Gasteiger partial charge in [0.1, 0.15) is 5.75 Å². The number of nitrogens with zero attached hydrogens (tertiary/aromatic N) is 3. The molecule has 2 aromatic carbocycles. The van der Waals surface area contributed by atoms with E-state index in [9.17, 15) is 14.7 Å². The number of carbonyl (C=O) groups is 2. The summed E-state index contributed by atoms with van der Waals surface area (Å²) < 4.78 is 1.20. The van der Waals surface area contributed by atoms with E-state index in [1.54, 1.807) is 35.6 Å². The van der Waals surface area contributed by atoms with Crippen LogP contribution in [0.1, 0.15) is 36.6 Å². The summed E-state index contributed by atoms with van der Waals surface area (Å²) in [7, 11) is 0. The maximum Gasteiger partial charge on any atom is 0.236 e. The molecule has 7 nitrogen and oxygen atoms in total. The fraction of sp³-hybridized carbons (Fsp3) is 0.423. The Bertz CT molecular complexity index is 1140. The van der Waals surface area contributed by atoms with Gasteiger partial charge in [-0.1, -0.05) is 24.3 Å².